The number of amides is 2. The standard InChI is InChI=1S/C37H42N4O6/c1-22-16-24(18-32(44-3)34(22)46-5)28-10-8-26(38)20-30(28)36(42)40-12-7-13-41(15-14-40)37(43)31-21-27(39)9-11-29(31)25-17-23(2)35(47-6)33(19-25)45-4/h8-11,16-21H,7,12-15,38-39H2,1-6H3. The highest BCUT2D eigenvalue weighted by Crippen LogP contribution is 2.39. The van der Waals surface area contributed by atoms with Gasteiger partial charge < -0.3 is 40.2 Å². The molecule has 0 atom stereocenters. The summed E-state index contributed by atoms with van der Waals surface area (Å²) in [6.45, 7) is 5.55. The number of nitrogen functional groups attached to an aromatic ring is 2. The second-order valence-corrected chi connectivity index (χ2v) is 11.6. The Labute approximate surface area is 275 Å². The van der Waals surface area contributed by atoms with Gasteiger partial charge in [-0.25, -0.2) is 0 Å². The number of ether oxygens (including phenoxy) is 4. The van der Waals surface area contributed by atoms with Crippen molar-refractivity contribution >= 4 is 23.2 Å². The van der Waals surface area contributed by atoms with Crippen molar-refractivity contribution in [3.63, 3.8) is 0 Å². The summed E-state index contributed by atoms with van der Waals surface area (Å²) in [5.74, 6) is 2.12. The van der Waals surface area contributed by atoms with E-state index < -0.39 is 0 Å². The van der Waals surface area contributed by atoms with E-state index >= 15 is 0 Å². The van der Waals surface area contributed by atoms with Gasteiger partial charge in [-0.1, -0.05) is 12.1 Å². The summed E-state index contributed by atoms with van der Waals surface area (Å²) in [7, 11) is 6.37. The highest BCUT2D eigenvalue weighted by molar-refractivity contribution is 6.03. The minimum atomic E-state index is -0.153. The summed E-state index contributed by atoms with van der Waals surface area (Å²) in [5.41, 5.74) is 19.2. The van der Waals surface area contributed by atoms with Crippen molar-refractivity contribution < 1.29 is 28.5 Å². The fourth-order valence-electron chi connectivity index (χ4n) is 6.27. The van der Waals surface area contributed by atoms with Gasteiger partial charge in [-0.2, -0.15) is 0 Å². The molecular formula is C37H42N4O6. The number of nitrogens with two attached hydrogens (primary N) is 2. The van der Waals surface area contributed by atoms with Crippen LogP contribution in [0.3, 0.4) is 0 Å². The Morgan fingerprint density at radius 2 is 0.979 bits per heavy atom. The van der Waals surface area contributed by atoms with E-state index in [2.05, 4.69) is 0 Å². The van der Waals surface area contributed by atoms with Gasteiger partial charge in [0.1, 0.15) is 0 Å². The van der Waals surface area contributed by atoms with Crippen molar-refractivity contribution in [1.29, 1.82) is 0 Å². The van der Waals surface area contributed by atoms with E-state index in [1.807, 2.05) is 50.2 Å². The maximum atomic E-state index is 14.1. The molecule has 4 N–H and O–H groups in total. The maximum Gasteiger partial charge on any atom is 0.254 e. The molecule has 47 heavy (non-hydrogen) atoms. The number of carbonyl (C=O) groups is 2. The van der Waals surface area contributed by atoms with Gasteiger partial charge in [-0.3, -0.25) is 9.59 Å². The summed E-state index contributed by atoms with van der Waals surface area (Å²) in [6, 6.07) is 18.4. The van der Waals surface area contributed by atoms with Gasteiger partial charge in [0.15, 0.2) is 23.0 Å². The molecule has 0 spiro atoms. The van der Waals surface area contributed by atoms with Crippen molar-refractivity contribution in [3.8, 4) is 45.3 Å². The van der Waals surface area contributed by atoms with Gasteiger partial charge in [0.25, 0.3) is 11.8 Å². The number of methoxy groups -OCH3 is 4. The highest BCUT2D eigenvalue weighted by Gasteiger charge is 2.27. The number of hydrogen-bond acceptors (Lipinski definition) is 8. The molecule has 1 fully saturated rings. The van der Waals surface area contributed by atoms with Crippen LogP contribution in [-0.2, 0) is 0 Å². The fraction of sp³-hybridized carbons (Fsp3) is 0.297. The second kappa shape index (κ2) is 13.9. The summed E-state index contributed by atoms with van der Waals surface area (Å²) < 4.78 is 22.2. The summed E-state index contributed by atoms with van der Waals surface area (Å²) in [4.78, 5) is 31.8. The minimum Gasteiger partial charge on any atom is -0.493 e. The third-order valence-electron chi connectivity index (χ3n) is 8.57. The molecule has 1 aliphatic heterocycles. The normalized spacial score (nSPS) is 13.1. The zero-order chi connectivity index (χ0) is 33.8. The Hall–Kier alpha value is -5.38. The van der Waals surface area contributed by atoms with E-state index in [9.17, 15) is 9.59 Å². The molecule has 0 aromatic heterocycles. The van der Waals surface area contributed by atoms with Crippen LogP contribution in [0.5, 0.6) is 23.0 Å². The first kappa shape index (κ1) is 33.0. The first-order valence-corrected chi connectivity index (χ1v) is 15.4. The van der Waals surface area contributed by atoms with Gasteiger partial charge >= 0.3 is 0 Å². The molecule has 1 saturated heterocycles. The lowest BCUT2D eigenvalue weighted by Crippen LogP contribution is -2.37. The average molecular weight is 639 g/mol. The van der Waals surface area contributed by atoms with E-state index in [0.717, 1.165) is 33.4 Å². The Bertz CT molecular complexity index is 1690. The van der Waals surface area contributed by atoms with Crippen molar-refractivity contribution in [2.24, 2.45) is 0 Å². The van der Waals surface area contributed by atoms with Gasteiger partial charge in [0, 0.05) is 48.7 Å². The lowest BCUT2D eigenvalue weighted by molar-refractivity contribution is 0.0719. The summed E-state index contributed by atoms with van der Waals surface area (Å²) in [6.07, 6.45) is 0.609. The molecule has 0 radical (unpaired) electrons. The van der Waals surface area contributed by atoms with Gasteiger partial charge in [0.05, 0.1) is 28.4 Å². The van der Waals surface area contributed by atoms with Crippen LogP contribution >= 0.6 is 0 Å². The lowest BCUT2D eigenvalue weighted by Gasteiger charge is -2.24. The number of aryl methyl sites for hydroxylation is 2. The zero-order valence-electron chi connectivity index (χ0n) is 27.8. The molecule has 10 nitrogen and oxygen atoms in total. The number of rotatable bonds is 8. The van der Waals surface area contributed by atoms with Gasteiger partial charge in [-0.15, -0.1) is 0 Å². The van der Waals surface area contributed by atoms with Crippen LogP contribution in [0.2, 0.25) is 0 Å². The van der Waals surface area contributed by atoms with E-state index in [4.69, 9.17) is 30.4 Å². The number of benzene rings is 4. The largest absolute Gasteiger partial charge is 0.493 e. The summed E-state index contributed by atoms with van der Waals surface area (Å²) >= 11 is 0. The predicted molar refractivity (Wildman–Crippen MR) is 185 cm³/mol. The summed E-state index contributed by atoms with van der Waals surface area (Å²) in [5, 5.41) is 0. The van der Waals surface area contributed by atoms with E-state index in [-0.39, 0.29) is 11.8 Å². The molecule has 0 saturated carbocycles. The first-order chi connectivity index (χ1) is 22.6. The quantitative estimate of drug-likeness (QED) is 0.231. The van der Waals surface area contributed by atoms with Gasteiger partial charge in [-0.05, 0) is 102 Å². The number of hydrogen-bond donors (Lipinski definition) is 2. The number of nitrogens with zero attached hydrogens (tertiary/aromatic N) is 2. The topological polar surface area (TPSA) is 130 Å². The van der Waals surface area contributed by atoms with Crippen molar-refractivity contribution in [3.05, 3.63) is 82.9 Å². The van der Waals surface area contributed by atoms with Crippen molar-refractivity contribution in [2.45, 2.75) is 20.3 Å². The molecule has 1 heterocycles. The molecular weight excluding hydrogens is 596 g/mol. The molecule has 0 bridgehead atoms. The first-order valence-electron chi connectivity index (χ1n) is 15.4. The minimum absolute atomic E-state index is 0.153. The van der Waals surface area contributed by atoms with Crippen LogP contribution in [0.4, 0.5) is 11.4 Å². The van der Waals surface area contributed by atoms with Crippen molar-refractivity contribution in [1.82, 2.24) is 9.80 Å². The monoisotopic (exact) mass is 638 g/mol. The highest BCUT2D eigenvalue weighted by atomic mass is 16.5. The lowest BCUT2D eigenvalue weighted by atomic mass is 9.96. The van der Waals surface area contributed by atoms with Crippen LogP contribution in [0.25, 0.3) is 22.3 Å². The smallest absolute Gasteiger partial charge is 0.254 e. The maximum absolute atomic E-state index is 14.1. The number of anilines is 2. The Balaban J connectivity index is 1.42. The van der Waals surface area contributed by atoms with Crippen LogP contribution in [0, 0.1) is 13.8 Å². The third kappa shape index (κ3) is 6.63. The van der Waals surface area contributed by atoms with Crippen LogP contribution < -0.4 is 30.4 Å². The molecule has 5 rings (SSSR count). The Kier molecular flexibility index (Phi) is 9.79. The molecule has 10 heteroatoms. The molecule has 2 amide bonds. The van der Waals surface area contributed by atoms with E-state index in [1.165, 1.54) is 0 Å². The van der Waals surface area contributed by atoms with E-state index in [1.54, 1.807) is 62.5 Å². The van der Waals surface area contributed by atoms with Gasteiger partial charge in [0.2, 0.25) is 0 Å². The van der Waals surface area contributed by atoms with Crippen LogP contribution in [0.1, 0.15) is 38.3 Å². The SMILES string of the molecule is COc1cc(-c2ccc(N)cc2C(=O)N2CCCN(C(=O)c3cc(N)ccc3-c3cc(C)c(OC)c(OC)c3)CC2)cc(C)c1OC. The van der Waals surface area contributed by atoms with Crippen molar-refractivity contribution in [2.75, 3.05) is 66.1 Å². The Morgan fingerprint density at radius 1 is 0.574 bits per heavy atom. The molecule has 1 aliphatic rings. The molecule has 0 aliphatic carbocycles. The second-order valence-electron chi connectivity index (χ2n) is 11.6. The van der Waals surface area contributed by atoms with Crippen LogP contribution in [0.15, 0.2) is 60.7 Å². The van der Waals surface area contributed by atoms with E-state index in [0.29, 0.717) is 78.1 Å². The molecule has 246 valence electrons. The predicted octanol–water partition coefficient (Wildman–Crippen LogP) is 5.82. The average Bonchev–Trinajstić information content (AvgIpc) is 3.33. The molecule has 0 unspecified atom stereocenters. The van der Waals surface area contributed by atoms with Crippen LogP contribution in [-0.4, -0.2) is 76.2 Å². The zero-order valence-corrected chi connectivity index (χ0v) is 27.8. The molecule has 4 aromatic carbocycles. The Morgan fingerprint density at radius 3 is 1.34 bits per heavy atom. The fourth-order valence-corrected chi connectivity index (χ4v) is 6.27. The number of carbonyl (C=O) groups excluding carboxylic acids is 2. The third-order valence-corrected chi connectivity index (χ3v) is 8.57. The molecule has 4 aromatic rings.